The van der Waals surface area contributed by atoms with Crippen LogP contribution in [0, 0.1) is 0 Å². The first-order valence-corrected chi connectivity index (χ1v) is 15.0. The molecule has 0 amide bonds. The predicted molar refractivity (Wildman–Crippen MR) is 135 cm³/mol. The van der Waals surface area contributed by atoms with Crippen LogP contribution in [0.3, 0.4) is 0 Å². The van der Waals surface area contributed by atoms with E-state index < -0.39 is 7.82 Å². The average molecular weight is 497 g/mol. The van der Waals surface area contributed by atoms with Crippen molar-refractivity contribution in [1.29, 1.82) is 0 Å². The van der Waals surface area contributed by atoms with E-state index in [0.717, 1.165) is 58.2 Å². The minimum Gasteiger partial charge on any atom is -0.381 e. The lowest BCUT2D eigenvalue weighted by Gasteiger charge is -2.12. The van der Waals surface area contributed by atoms with Crippen molar-refractivity contribution >= 4 is 7.82 Å². The van der Waals surface area contributed by atoms with Gasteiger partial charge in [-0.15, -0.1) is 0 Å². The SMILES string of the molecule is CCCCCCCCCCCCOP(=O)(O)OCCCOCCCOCCCOCCCC. The Kier molecular flexibility index (Phi) is 26.6. The highest BCUT2D eigenvalue weighted by Crippen LogP contribution is 2.43. The number of hydrogen-bond acceptors (Lipinski definition) is 6. The zero-order chi connectivity index (χ0) is 24.3. The molecule has 0 rings (SSSR count). The summed E-state index contributed by atoms with van der Waals surface area (Å²) in [6, 6.07) is 0. The quantitative estimate of drug-likeness (QED) is 0.0916. The van der Waals surface area contributed by atoms with E-state index >= 15 is 0 Å². The van der Waals surface area contributed by atoms with Gasteiger partial charge >= 0.3 is 7.82 Å². The third-order valence-corrected chi connectivity index (χ3v) is 6.25. The average Bonchev–Trinajstić information content (AvgIpc) is 2.80. The van der Waals surface area contributed by atoms with Gasteiger partial charge in [0.25, 0.3) is 0 Å². The molecule has 0 radical (unpaired) electrons. The van der Waals surface area contributed by atoms with Crippen molar-refractivity contribution in [2.75, 3.05) is 52.9 Å². The molecule has 0 saturated carbocycles. The van der Waals surface area contributed by atoms with Crippen molar-refractivity contribution in [3.8, 4) is 0 Å². The summed E-state index contributed by atoms with van der Waals surface area (Å²) in [6.07, 6.45) is 16.7. The molecule has 200 valence electrons. The van der Waals surface area contributed by atoms with Crippen molar-refractivity contribution in [1.82, 2.24) is 0 Å². The van der Waals surface area contributed by atoms with Crippen LogP contribution in [0.15, 0.2) is 0 Å². The first-order chi connectivity index (χ1) is 16.1. The highest BCUT2D eigenvalue weighted by molar-refractivity contribution is 7.47. The van der Waals surface area contributed by atoms with Crippen molar-refractivity contribution in [3.63, 3.8) is 0 Å². The van der Waals surface area contributed by atoms with E-state index in [9.17, 15) is 9.46 Å². The molecule has 1 atom stereocenters. The van der Waals surface area contributed by atoms with Crippen LogP contribution in [0.5, 0.6) is 0 Å². The second-order valence-electron chi connectivity index (χ2n) is 8.57. The van der Waals surface area contributed by atoms with Crippen LogP contribution in [0.1, 0.15) is 110 Å². The van der Waals surface area contributed by atoms with E-state index in [1.165, 1.54) is 44.9 Å². The molecule has 0 aromatic rings. The predicted octanol–water partition coefficient (Wildman–Crippen LogP) is 7.06. The maximum Gasteiger partial charge on any atom is 0.472 e. The van der Waals surface area contributed by atoms with Gasteiger partial charge in [0.05, 0.1) is 13.2 Å². The molecule has 0 aromatic heterocycles. The second kappa shape index (κ2) is 26.6. The van der Waals surface area contributed by atoms with Gasteiger partial charge in [0.1, 0.15) is 0 Å². The standard InChI is InChI=1S/C25H53O7P/c1-3-5-7-8-9-10-11-12-13-14-24-31-33(26,27)32-25-17-23-30-22-16-21-29-20-15-19-28-18-6-4-2/h3-25H2,1-2H3,(H,26,27). The van der Waals surface area contributed by atoms with Crippen LogP contribution < -0.4 is 0 Å². The summed E-state index contributed by atoms with van der Waals surface area (Å²) >= 11 is 0. The highest BCUT2D eigenvalue weighted by Gasteiger charge is 2.19. The van der Waals surface area contributed by atoms with Crippen LogP contribution in [0.25, 0.3) is 0 Å². The lowest BCUT2D eigenvalue weighted by atomic mass is 10.1. The van der Waals surface area contributed by atoms with Crippen LogP contribution in [-0.2, 0) is 27.8 Å². The highest BCUT2D eigenvalue weighted by atomic mass is 31.2. The molecule has 8 heteroatoms. The molecule has 0 bridgehead atoms. The van der Waals surface area contributed by atoms with Crippen molar-refractivity contribution in [3.05, 3.63) is 0 Å². The maximum atomic E-state index is 11.9. The van der Waals surface area contributed by atoms with Gasteiger partial charge in [0.2, 0.25) is 0 Å². The topological polar surface area (TPSA) is 83.5 Å². The molecular formula is C25H53O7P. The van der Waals surface area contributed by atoms with Crippen LogP contribution in [0.4, 0.5) is 0 Å². The first-order valence-electron chi connectivity index (χ1n) is 13.5. The Morgan fingerprint density at radius 3 is 1.24 bits per heavy atom. The Hall–Kier alpha value is -0.0100. The molecule has 33 heavy (non-hydrogen) atoms. The molecule has 0 saturated heterocycles. The van der Waals surface area contributed by atoms with Gasteiger partial charge in [-0.3, -0.25) is 9.05 Å². The monoisotopic (exact) mass is 496 g/mol. The van der Waals surface area contributed by atoms with E-state index in [2.05, 4.69) is 13.8 Å². The molecule has 0 aromatic carbocycles. The van der Waals surface area contributed by atoms with E-state index in [0.29, 0.717) is 32.8 Å². The summed E-state index contributed by atoms with van der Waals surface area (Å²) in [5.74, 6) is 0. The molecular weight excluding hydrogens is 443 g/mol. The van der Waals surface area contributed by atoms with Crippen LogP contribution in [0.2, 0.25) is 0 Å². The summed E-state index contributed by atoms with van der Waals surface area (Å²) in [7, 11) is -3.94. The fourth-order valence-corrected chi connectivity index (χ4v) is 4.02. The van der Waals surface area contributed by atoms with Crippen molar-refractivity contribution < 1.29 is 32.7 Å². The Morgan fingerprint density at radius 2 is 0.788 bits per heavy atom. The second-order valence-corrected chi connectivity index (χ2v) is 10.0. The molecule has 1 N–H and O–H groups in total. The minimum absolute atomic E-state index is 0.153. The fraction of sp³-hybridized carbons (Fsp3) is 1.00. The molecule has 0 aliphatic rings. The van der Waals surface area contributed by atoms with E-state index in [4.69, 9.17) is 23.3 Å². The van der Waals surface area contributed by atoms with Gasteiger partial charge in [-0.05, 0) is 32.1 Å². The summed E-state index contributed by atoms with van der Waals surface area (Å²) < 4.78 is 38.4. The first kappa shape index (κ1) is 33.0. The molecule has 0 spiro atoms. The lowest BCUT2D eigenvalue weighted by molar-refractivity contribution is 0.0590. The molecule has 7 nitrogen and oxygen atoms in total. The summed E-state index contributed by atoms with van der Waals surface area (Å²) in [4.78, 5) is 9.71. The van der Waals surface area contributed by atoms with E-state index in [-0.39, 0.29) is 13.2 Å². The third-order valence-electron chi connectivity index (χ3n) is 5.24. The minimum atomic E-state index is -3.94. The van der Waals surface area contributed by atoms with Crippen molar-refractivity contribution in [2.24, 2.45) is 0 Å². The number of unbranched alkanes of at least 4 members (excludes halogenated alkanes) is 10. The van der Waals surface area contributed by atoms with Gasteiger partial charge in [0, 0.05) is 39.6 Å². The third kappa shape index (κ3) is 28.1. The van der Waals surface area contributed by atoms with Gasteiger partial charge in [-0.1, -0.05) is 78.1 Å². The number of phosphoric ester groups is 1. The Balaban J connectivity index is 3.28. The zero-order valence-electron chi connectivity index (χ0n) is 21.6. The number of phosphoric acid groups is 1. The summed E-state index contributed by atoms with van der Waals surface area (Å²) in [5.41, 5.74) is 0. The van der Waals surface area contributed by atoms with E-state index in [1.807, 2.05) is 0 Å². The van der Waals surface area contributed by atoms with Gasteiger partial charge in [0.15, 0.2) is 0 Å². The zero-order valence-corrected chi connectivity index (χ0v) is 22.5. The molecule has 1 unspecified atom stereocenters. The molecule has 0 fully saturated rings. The Labute approximate surface area is 203 Å². The summed E-state index contributed by atoms with van der Waals surface area (Å²) in [5, 5.41) is 0. The molecule has 0 aliphatic heterocycles. The van der Waals surface area contributed by atoms with Crippen molar-refractivity contribution in [2.45, 2.75) is 110 Å². The smallest absolute Gasteiger partial charge is 0.381 e. The molecule has 0 heterocycles. The lowest BCUT2D eigenvalue weighted by Crippen LogP contribution is -2.06. The number of rotatable bonds is 28. The largest absolute Gasteiger partial charge is 0.472 e. The molecule has 0 aliphatic carbocycles. The van der Waals surface area contributed by atoms with Gasteiger partial charge in [-0.2, -0.15) is 0 Å². The fourth-order valence-electron chi connectivity index (χ4n) is 3.23. The Morgan fingerprint density at radius 1 is 0.455 bits per heavy atom. The Bertz CT molecular complexity index is 424. The normalized spacial score (nSPS) is 13.4. The maximum absolute atomic E-state index is 11.9. The van der Waals surface area contributed by atoms with Crippen LogP contribution >= 0.6 is 7.82 Å². The number of hydrogen-bond donors (Lipinski definition) is 1. The van der Waals surface area contributed by atoms with Gasteiger partial charge < -0.3 is 19.1 Å². The number of ether oxygens (including phenoxy) is 3. The van der Waals surface area contributed by atoms with Crippen LogP contribution in [-0.4, -0.2) is 57.7 Å². The van der Waals surface area contributed by atoms with Gasteiger partial charge in [-0.25, -0.2) is 4.57 Å². The van der Waals surface area contributed by atoms with E-state index in [1.54, 1.807) is 0 Å². The summed E-state index contributed by atoms with van der Waals surface area (Å²) in [6.45, 7) is 8.89.